The van der Waals surface area contributed by atoms with Crippen LogP contribution in [0.25, 0.3) is 0 Å². The lowest BCUT2D eigenvalue weighted by atomic mass is 9.64. The van der Waals surface area contributed by atoms with Gasteiger partial charge in [0.15, 0.2) is 0 Å². The predicted octanol–water partition coefficient (Wildman–Crippen LogP) is 2.02. The van der Waals surface area contributed by atoms with Gasteiger partial charge in [0.2, 0.25) is 5.91 Å². The summed E-state index contributed by atoms with van der Waals surface area (Å²) in [7, 11) is 1.74. The van der Waals surface area contributed by atoms with Crippen LogP contribution in [-0.4, -0.2) is 30.9 Å². The fourth-order valence-electron chi connectivity index (χ4n) is 2.68. The smallest absolute Gasteiger partial charge is 0.220 e. The normalized spacial score (nSPS) is 32.7. The maximum absolute atomic E-state index is 12.0. The first kappa shape index (κ1) is 13.2. The van der Waals surface area contributed by atoms with Gasteiger partial charge in [-0.2, -0.15) is 12.6 Å². The second-order valence-electron chi connectivity index (χ2n) is 6.24. The van der Waals surface area contributed by atoms with Gasteiger partial charge in [0.25, 0.3) is 0 Å². The zero-order valence-electron chi connectivity index (χ0n) is 11.0. The van der Waals surface area contributed by atoms with Gasteiger partial charge in [-0.25, -0.2) is 0 Å². The van der Waals surface area contributed by atoms with Gasteiger partial charge in [-0.05, 0) is 30.4 Å². The van der Waals surface area contributed by atoms with Crippen molar-refractivity contribution in [2.24, 2.45) is 10.8 Å². The second-order valence-corrected chi connectivity index (χ2v) is 6.55. The first-order valence-electron chi connectivity index (χ1n) is 6.36. The maximum atomic E-state index is 12.0. The van der Waals surface area contributed by atoms with E-state index in [0.29, 0.717) is 6.42 Å². The molecule has 1 N–H and O–H groups in total. The monoisotopic (exact) mass is 257 g/mol. The lowest BCUT2D eigenvalue weighted by molar-refractivity contribution is -0.133. The van der Waals surface area contributed by atoms with E-state index in [1.54, 1.807) is 7.11 Å². The van der Waals surface area contributed by atoms with Gasteiger partial charge in [-0.15, -0.1) is 0 Å². The number of carbonyl (C=O) groups excluding carboxylic acids is 1. The molecular formula is C13H23NO2S. The molecule has 0 aromatic carbocycles. The highest BCUT2D eigenvalue weighted by Gasteiger charge is 2.50. The van der Waals surface area contributed by atoms with Crippen LogP contribution in [0.15, 0.2) is 0 Å². The molecule has 2 rings (SSSR count). The molecule has 17 heavy (non-hydrogen) atoms. The van der Waals surface area contributed by atoms with E-state index in [-0.39, 0.29) is 28.9 Å². The third-order valence-electron chi connectivity index (χ3n) is 4.63. The number of ether oxygens (including phenoxy) is 1. The summed E-state index contributed by atoms with van der Waals surface area (Å²) in [6.07, 6.45) is 4.15. The van der Waals surface area contributed by atoms with E-state index in [4.69, 9.17) is 4.74 Å². The summed E-state index contributed by atoms with van der Waals surface area (Å²) in [6.45, 7) is 4.31. The first-order chi connectivity index (χ1) is 7.93. The molecule has 2 saturated carbocycles. The van der Waals surface area contributed by atoms with E-state index < -0.39 is 0 Å². The summed E-state index contributed by atoms with van der Waals surface area (Å²) in [5.41, 5.74) is 0.268. The molecule has 0 aromatic heterocycles. The predicted molar refractivity (Wildman–Crippen MR) is 71.3 cm³/mol. The Morgan fingerprint density at radius 1 is 1.47 bits per heavy atom. The molecule has 0 aromatic rings. The van der Waals surface area contributed by atoms with E-state index in [9.17, 15) is 4.79 Å². The molecular weight excluding hydrogens is 234 g/mol. The summed E-state index contributed by atoms with van der Waals surface area (Å²) in [4.78, 5) is 12.0. The number of hydrogen-bond acceptors (Lipinski definition) is 3. The Kier molecular flexibility index (Phi) is 3.47. The van der Waals surface area contributed by atoms with Crippen LogP contribution in [0.1, 0.15) is 39.5 Å². The fourth-order valence-corrected chi connectivity index (χ4v) is 3.11. The fraction of sp³-hybridized carbons (Fsp3) is 0.923. The van der Waals surface area contributed by atoms with E-state index >= 15 is 0 Å². The van der Waals surface area contributed by atoms with E-state index in [1.165, 1.54) is 0 Å². The van der Waals surface area contributed by atoms with Gasteiger partial charge in [-0.1, -0.05) is 13.8 Å². The molecule has 3 nitrogen and oxygen atoms in total. The van der Waals surface area contributed by atoms with E-state index in [0.717, 1.165) is 25.0 Å². The summed E-state index contributed by atoms with van der Waals surface area (Å²) in [5.74, 6) is 1.01. The second kappa shape index (κ2) is 4.47. The first-order valence-corrected chi connectivity index (χ1v) is 7.00. The van der Waals surface area contributed by atoms with Crippen LogP contribution < -0.4 is 5.32 Å². The van der Waals surface area contributed by atoms with Crippen LogP contribution in [0, 0.1) is 10.8 Å². The Morgan fingerprint density at radius 3 is 2.53 bits per heavy atom. The van der Waals surface area contributed by atoms with Crippen molar-refractivity contribution in [1.29, 1.82) is 0 Å². The zero-order valence-corrected chi connectivity index (χ0v) is 11.8. The van der Waals surface area contributed by atoms with Crippen LogP contribution in [0.2, 0.25) is 0 Å². The highest BCUT2D eigenvalue weighted by Crippen LogP contribution is 2.50. The average Bonchev–Trinajstić information content (AvgIpc) is 3.04. The van der Waals surface area contributed by atoms with Gasteiger partial charge >= 0.3 is 0 Å². The quantitative estimate of drug-likeness (QED) is 0.740. The number of thiol groups is 1. The Balaban J connectivity index is 1.81. The summed E-state index contributed by atoms with van der Waals surface area (Å²) in [5, 5.41) is 3.15. The number of rotatable bonds is 5. The van der Waals surface area contributed by atoms with Crippen LogP contribution in [-0.2, 0) is 9.53 Å². The van der Waals surface area contributed by atoms with Crippen molar-refractivity contribution in [3.8, 4) is 0 Å². The third-order valence-corrected chi connectivity index (χ3v) is 5.30. The maximum Gasteiger partial charge on any atom is 0.220 e. The number of amides is 1. The number of methoxy groups -OCH3 is 1. The topological polar surface area (TPSA) is 38.3 Å². The number of carbonyl (C=O) groups is 1. The molecule has 4 heteroatoms. The van der Waals surface area contributed by atoms with Crippen molar-refractivity contribution in [3.05, 3.63) is 0 Å². The third kappa shape index (κ3) is 2.48. The Morgan fingerprint density at radius 2 is 2.12 bits per heavy atom. The molecule has 0 saturated heterocycles. The molecule has 1 amide bonds. The van der Waals surface area contributed by atoms with Gasteiger partial charge in [0.1, 0.15) is 0 Å². The largest absolute Gasteiger partial charge is 0.381 e. The molecule has 0 radical (unpaired) electrons. The Bertz CT molecular complexity index is 313. The molecule has 0 aliphatic heterocycles. The van der Waals surface area contributed by atoms with Crippen molar-refractivity contribution in [2.75, 3.05) is 12.9 Å². The molecule has 98 valence electrons. The lowest BCUT2D eigenvalue weighted by Crippen LogP contribution is -2.61. The van der Waals surface area contributed by atoms with Gasteiger partial charge < -0.3 is 10.1 Å². The Hall–Kier alpha value is -0.220. The molecule has 2 aliphatic rings. The zero-order chi connectivity index (χ0) is 12.7. The van der Waals surface area contributed by atoms with E-state index in [2.05, 4.69) is 31.8 Å². The van der Waals surface area contributed by atoms with Gasteiger partial charge in [0.05, 0.1) is 6.10 Å². The standard InChI is InChI=1S/C13H23NO2S/c1-12(2)9(6-10(12)16-3)14-11(15)7-13(8-17)4-5-13/h9-10,17H,4-8H2,1-3H3,(H,14,15). The minimum Gasteiger partial charge on any atom is -0.381 e. The number of nitrogens with one attached hydrogen (secondary N) is 1. The molecule has 2 fully saturated rings. The number of hydrogen-bond donors (Lipinski definition) is 2. The van der Waals surface area contributed by atoms with Crippen molar-refractivity contribution < 1.29 is 9.53 Å². The minimum atomic E-state index is 0.0576. The molecule has 0 heterocycles. The molecule has 2 atom stereocenters. The highest BCUT2D eigenvalue weighted by molar-refractivity contribution is 7.80. The Labute approximate surface area is 109 Å². The lowest BCUT2D eigenvalue weighted by Gasteiger charge is -2.51. The summed E-state index contributed by atoms with van der Waals surface area (Å²) in [6, 6.07) is 0.260. The van der Waals surface area contributed by atoms with Crippen molar-refractivity contribution in [1.82, 2.24) is 5.32 Å². The molecule has 2 aliphatic carbocycles. The highest BCUT2D eigenvalue weighted by atomic mass is 32.1. The van der Waals surface area contributed by atoms with Gasteiger partial charge in [0, 0.05) is 25.0 Å². The van der Waals surface area contributed by atoms with Gasteiger partial charge in [-0.3, -0.25) is 4.79 Å². The van der Waals surface area contributed by atoms with Crippen LogP contribution in [0.3, 0.4) is 0 Å². The van der Waals surface area contributed by atoms with Crippen LogP contribution >= 0.6 is 12.6 Å². The SMILES string of the molecule is COC1CC(NC(=O)CC2(CS)CC2)C1(C)C. The summed E-state index contributed by atoms with van der Waals surface area (Å²) >= 11 is 4.33. The van der Waals surface area contributed by atoms with Crippen LogP contribution in [0.5, 0.6) is 0 Å². The van der Waals surface area contributed by atoms with Crippen molar-refractivity contribution in [2.45, 2.75) is 51.7 Å². The minimum absolute atomic E-state index is 0.0576. The molecule has 2 unspecified atom stereocenters. The van der Waals surface area contributed by atoms with E-state index in [1.807, 2.05) is 0 Å². The molecule has 0 spiro atoms. The molecule has 0 bridgehead atoms. The van der Waals surface area contributed by atoms with Crippen molar-refractivity contribution >= 4 is 18.5 Å². The summed E-state index contributed by atoms with van der Waals surface area (Å²) < 4.78 is 5.38. The van der Waals surface area contributed by atoms with Crippen LogP contribution in [0.4, 0.5) is 0 Å². The average molecular weight is 257 g/mol. The van der Waals surface area contributed by atoms with Crippen molar-refractivity contribution in [3.63, 3.8) is 0 Å².